The highest BCUT2D eigenvalue weighted by Gasteiger charge is 2.14. The van der Waals surface area contributed by atoms with Crippen LogP contribution in [0.5, 0.6) is 5.75 Å². The molecule has 6 heteroatoms. The first-order valence-corrected chi connectivity index (χ1v) is 10.2. The summed E-state index contributed by atoms with van der Waals surface area (Å²) in [6.07, 6.45) is 0. The molecule has 32 heavy (non-hydrogen) atoms. The van der Waals surface area contributed by atoms with Crippen molar-refractivity contribution in [1.82, 2.24) is 10.3 Å². The topological polar surface area (TPSA) is 80.3 Å². The third-order valence-corrected chi connectivity index (χ3v) is 5.09. The molecule has 0 saturated heterocycles. The second kappa shape index (κ2) is 9.31. The van der Waals surface area contributed by atoms with Gasteiger partial charge in [-0.15, -0.1) is 0 Å². The molecule has 0 fully saturated rings. The van der Waals surface area contributed by atoms with Crippen molar-refractivity contribution in [3.05, 3.63) is 90.0 Å². The Balaban J connectivity index is 1.66. The van der Waals surface area contributed by atoms with Gasteiger partial charge in [-0.3, -0.25) is 9.59 Å². The van der Waals surface area contributed by atoms with E-state index >= 15 is 0 Å². The van der Waals surface area contributed by atoms with Crippen molar-refractivity contribution in [3.8, 4) is 17.0 Å². The van der Waals surface area contributed by atoms with E-state index in [4.69, 9.17) is 9.72 Å². The van der Waals surface area contributed by atoms with E-state index in [-0.39, 0.29) is 11.8 Å². The van der Waals surface area contributed by atoms with Crippen molar-refractivity contribution in [2.24, 2.45) is 0 Å². The minimum Gasteiger partial charge on any atom is -0.496 e. The summed E-state index contributed by atoms with van der Waals surface area (Å²) in [4.78, 5) is 29.2. The van der Waals surface area contributed by atoms with Crippen molar-refractivity contribution in [1.29, 1.82) is 0 Å². The van der Waals surface area contributed by atoms with Crippen LogP contribution in [-0.2, 0) is 11.3 Å². The maximum atomic E-state index is 13.2. The van der Waals surface area contributed by atoms with E-state index in [2.05, 4.69) is 10.6 Å². The van der Waals surface area contributed by atoms with E-state index in [1.54, 1.807) is 13.2 Å². The van der Waals surface area contributed by atoms with E-state index in [1.807, 2.05) is 72.8 Å². The highest BCUT2D eigenvalue weighted by molar-refractivity contribution is 6.07. The molecule has 0 aliphatic rings. The number of hydrogen-bond donors (Lipinski definition) is 2. The molecular formula is C26H23N3O3. The number of methoxy groups -OCH3 is 1. The summed E-state index contributed by atoms with van der Waals surface area (Å²) < 4.78 is 5.38. The number of nitrogens with one attached hydrogen (secondary N) is 2. The number of pyridine rings is 1. The Hall–Kier alpha value is -4.19. The van der Waals surface area contributed by atoms with Crippen LogP contribution in [0.3, 0.4) is 0 Å². The van der Waals surface area contributed by atoms with Crippen LogP contribution in [0.2, 0.25) is 0 Å². The van der Waals surface area contributed by atoms with Crippen LogP contribution in [0.25, 0.3) is 22.2 Å². The summed E-state index contributed by atoms with van der Waals surface area (Å²) in [5.41, 5.74) is 4.42. The number of rotatable bonds is 6. The van der Waals surface area contributed by atoms with Gasteiger partial charge in [-0.1, -0.05) is 48.5 Å². The average Bonchev–Trinajstić information content (AvgIpc) is 2.82. The lowest BCUT2D eigenvalue weighted by Gasteiger charge is -2.12. The zero-order chi connectivity index (χ0) is 22.5. The Morgan fingerprint density at radius 1 is 0.938 bits per heavy atom. The number of amides is 2. The van der Waals surface area contributed by atoms with Crippen molar-refractivity contribution in [2.45, 2.75) is 13.5 Å². The number of nitrogens with zero attached hydrogens (tertiary/aromatic N) is 1. The third-order valence-electron chi connectivity index (χ3n) is 5.09. The summed E-state index contributed by atoms with van der Waals surface area (Å²) >= 11 is 0. The highest BCUT2D eigenvalue weighted by Crippen LogP contribution is 2.26. The minimum absolute atomic E-state index is 0.129. The van der Waals surface area contributed by atoms with Gasteiger partial charge >= 0.3 is 0 Å². The molecule has 0 aliphatic heterocycles. The highest BCUT2D eigenvalue weighted by atomic mass is 16.5. The fourth-order valence-electron chi connectivity index (χ4n) is 3.56. The molecule has 0 spiro atoms. The number of ether oxygens (including phenoxy) is 1. The number of fused-ring (bicyclic) bond motifs is 1. The molecular weight excluding hydrogens is 402 g/mol. The van der Waals surface area contributed by atoms with E-state index in [0.29, 0.717) is 23.5 Å². The van der Waals surface area contributed by atoms with Crippen LogP contribution in [0.1, 0.15) is 22.8 Å². The molecule has 0 aliphatic carbocycles. The Labute approximate surface area is 186 Å². The summed E-state index contributed by atoms with van der Waals surface area (Å²) in [6, 6.07) is 24.3. The van der Waals surface area contributed by atoms with Gasteiger partial charge in [0.2, 0.25) is 5.91 Å². The van der Waals surface area contributed by atoms with Crippen LogP contribution < -0.4 is 15.4 Å². The van der Waals surface area contributed by atoms with Gasteiger partial charge in [0.25, 0.3) is 5.91 Å². The quantitative estimate of drug-likeness (QED) is 0.465. The van der Waals surface area contributed by atoms with E-state index in [0.717, 1.165) is 27.8 Å². The van der Waals surface area contributed by atoms with Gasteiger partial charge in [-0.05, 0) is 30.3 Å². The van der Waals surface area contributed by atoms with Crippen LogP contribution in [0.4, 0.5) is 5.69 Å². The number of aromatic nitrogens is 1. The first-order chi connectivity index (χ1) is 15.5. The SMILES string of the molecule is COc1ccccc1CNC(=O)c1cc(-c2ccc(NC(C)=O)cc2)nc2ccccc12. The molecule has 160 valence electrons. The predicted molar refractivity (Wildman–Crippen MR) is 126 cm³/mol. The second-order valence-corrected chi connectivity index (χ2v) is 7.33. The van der Waals surface area contributed by atoms with Crippen molar-refractivity contribution in [3.63, 3.8) is 0 Å². The summed E-state index contributed by atoms with van der Waals surface area (Å²) in [7, 11) is 1.61. The lowest BCUT2D eigenvalue weighted by molar-refractivity contribution is -0.114. The van der Waals surface area contributed by atoms with E-state index in [9.17, 15) is 9.59 Å². The van der Waals surface area contributed by atoms with E-state index < -0.39 is 0 Å². The van der Waals surface area contributed by atoms with Gasteiger partial charge in [-0.25, -0.2) is 4.98 Å². The molecule has 4 aromatic rings. The number of carbonyl (C=O) groups is 2. The standard InChI is InChI=1S/C26H23N3O3/c1-17(30)28-20-13-11-18(12-14-20)24-15-22(21-8-4-5-9-23(21)29-24)26(31)27-16-19-7-3-6-10-25(19)32-2/h3-15H,16H2,1-2H3,(H,27,31)(H,28,30). The number of anilines is 1. The first kappa shape index (κ1) is 21.1. The van der Waals surface area contributed by atoms with Gasteiger partial charge in [0, 0.05) is 35.7 Å². The smallest absolute Gasteiger partial charge is 0.252 e. The molecule has 1 aromatic heterocycles. The zero-order valence-electron chi connectivity index (χ0n) is 17.9. The largest absolute Gasteiger partial charge is 0.496 e. The van der Waals surface area contributed by atoms with Crippen molar-refractivity contribution >= 4 is 28.4 Å². The molecule has 0 saturated carbocycles. The maximum Gasteiger partial charge on any atom is 0.252 e. The number of para-hydroxylation sites is 2. The van der Waals surface area contributed by atoms with Crippen LogP contribution >= 0.6 is 0 Å². The van der Waals surface area contributed by atoms with Crippen LogP contribution in [0, 0.1) is 0 Å². The number of benzene rings is 3. The van der Waals surface area contributed by atoms with Gasteiger partial charge in [0.05, 0.1) is 23.9 Å². The monoisotopic (exact) mass is 425 g/mol. The summed E-state index contributed by atoms with van der Waals surface area (Å²) in [5.74, 6) is 0.411. The Morgan fingerprint density at radius 2 is 1.66 bits per heavy atom. The van der Waals surface area contributed by atoms with Crippen molar-refractivity contribution < 1.29 is 14.3 Å². The van der Waals surface area contributed by atoms with Gasteiger partial charge in [-0.2, -0.15) is 0 Å². The minimum atomic E-state index is -0.189. The molecule has 0 bridgehead atoms. The maximum absolute atomic E-state index is 13.2. The van der Waals surface area contributed by atoms with E-state index in [1.165, 1.54) is 6.92 Å². The summed E-state index contributed by atoms with van der Waals surface area (Å²) in [6.45, 7) is 1.81. The lowest BCUT2D eigenvalue weighted by atomic mass is 10.0. The third kappa shape index (κ3) is 4.59. The van der Waals surface area contributed by atoms with Gasteiger partial charge < -0.3 is 15.4 Å². The molecule has 2 N–H and O–H groups in total. The molecule has 4 rings (SSSR count). The predicted octanol–water partition coefficient (Wildman–Crippen LogP) is 4.80. The van der Waals surface area contributed by atoms with Crippen molar-refractivity contribution in [2.75, 3.05) is 12.4 Å². The van der Waals surface area contributed by atoms with Gasteiger partial charge in [0.1, 0.15) is 5.75 Å². The zero-order valence-corrected chi connectivity index (χ0v) is 17.9. The Kier molecular flexibility index (Phi) is 6.12. The molecule has 3 aromatic carbocycles. The fraction of sp³-hybridized carbons (Fsp3) is 0.115. The van der Waals surface area contributed by atoms with Gasteiger partial charge in [0.15, 0.2) is 0 Å². The first-order valence-electron chi connectivity index (χ1n) is 10.2. The summed E-state index contributed by atoms with van der Waals surface area (Å²) in [5, 5.41) is 6.53. The second-order valence-electron chi connectivity index (χ2n) is 7.33. The Bertz CT molecular complexity index is 1280. The molecule has 0 unspecified atom stereocenters. The fourth-order valence-corrected chi connectivity index (χ4v) is 3.56. The molecule has 0 radical (unpaired) electrons. The van der Waals surface area contributed by atoms with Crippen LogP contribution in [0.15, 0.2) is 78.9 Å². The molecule has 6 nitrogen and oxygen atoms in total. The average molecular weight is 425 g/mol. The number of hydrogen-bond acceptors (Lipinski definition) is 4. The molecule has 1 heterocycles. The lowest BCUT2D eigenvalue weighted by Crippen LogP contribution is -2.23. The van der Waals surface area contributed by atoms with Crippen LogP contribution in [-0.4, -0.2) is 23.9 Å². The number of carbonyl (C=O) groups excluding carboxylic acids is 2. The molecule has 0 atom stereocenters. The normalized spacial score (nSPS) is 10.6. The Morgan fingerprint density at radius 3 is 2.41 bits per heavy atom. The molecule has 2 amide bonds.